The molecule has 1 atom stereocenters. The predicted octanol–water partition coefficient (Wildman–Crippen LogP) is 0.0469. The third-order valence-electron chi connectivity index (χ3n) is 4.27. The van der Waals surface area contributed by atoms with Crippen molar-refractivity contribution in [2.75, 3.05) is 39.4 Å². The maximum absolute atomic E-state index is 12.0. The van der Waals surface area contributed by atoms with Crippen LogP contribution in [0.1, 0.15) is 27.2 Å². The van der Waals surface area contributed by atoms with Crippen LogP contribution in [0.2, 0.25) is 0 Å². The molecule has 0 bridgehead atoms. The van der Waals surface area contributed by atoms with E-state index in [1.54, 1.807) is 0 Å². The van der Waals surface area contributed by atoms with Gasteiger partial charge in [0.1, 0.15) is 5.54 Å². The molecule has 2 heterocycles. The second-order valence-corrected chi connectivity index (χ2v) is 6.34. The Kier molecular flexibility index (Phi) is 3.67. The summed E-state index contributed by atoms with van der Waals surface area (Å²) in [5.74, 6) is -0.184. The van der Waals surface area contributed by atoms with Crippen LogP contribution < -0.4 is 5.73 Å². The van der Waals surface area contributed by atoms with Gasteiger partial charge in [0.25, 0.3) is 0 Å². The van der Waals surface area contributed by atoms with Gasteiger partial charge in [-0.05, 0) is 27.2 Å². The Balaban J connectivity index is 2.17. The lowest BCUT2D eigenvalue weighted by Crippen LogP contribution is -2.62. The molecule has 18 heavy (non-hydrogen) atoms. The van der Waals surface area contributed by atoms with Crippen molar-refractivity contribution in [2.24, 2.45) is 5.73 Å². The average Bonchev–Trinajstić information content (AvgIpc) is 2.76. The van der Waals surface area contributed by atoms with Gasteiger partial charge >= 0.3 is 0 Å². The van der Waals surface area contributed by atoms with Crippen LogP contribution in [0.3, 0.4) is 0 Å². The van der Waals surface area contributed by atoms with E-state index in [1.165, 1.54) is 0 Å². The molecule has 1 amide bonds. The Morgan fingerprint density at radius 1 is 1.22 bits per heavy atom. The molecule has 0 aromatic rings. The highest BCUT2D eigenvalue weighted by atomic mass is 16.5. The van der Waals surface area contributed by atoms with Gasteiger partial charge in [0.2, 0.25) is 5.91 Å². The Morgan fingerprint density at radius 2 is 1.83 bits per heavy atom. The minimum atomic E-state index is -0.489. The van der Waals surface area contributed by atoms with E-state index in [0.717, 1.165) is 32.6 Å². The second kappa shape index (κ2) is 4.79. The molecule has 1 unspecified atom stereocenters. The zero-order valence-electron chi connectivity index (χ0n) is 11.7. The average molecular weight is 255 g/mol. The van der Waals surface area contributed by atoms with E-state index in [2.05, 4.69) is 30.6 Å². The first-order valence-electron chi connectivity index (χ1n) is 6.74. The van der Waals surface area contributed by atoms with Gasteiger partial charge in [0.05, 0.1) is 13.2 Å². The Bertz CT molecular complexity index is 321. The van der Waals surface area contributed by atoms with Crippen LogP contribution in [-0.2, 0) is 9.53 Å². The molecule has 2 rings (SSSR count). The zero-order chi connectivity index (χ0) is 13.4. The molecule has 2 fully saturated rings. The Hall–Kier alpha value is -0.650. The summed E-state index contributed by atoms with van der Waals surface area (Å²) in [5, 5.41) is 0. The summed E-state index contributed by atoms with van der Waals surface area (Å²) >= 11 is 0. The first-order chi connectivity index (χ1) is 8.36. The fraction of sp³-hybridized carbons (Fsp3) is 0.923. The van der Waals surface area contributed by atoms with Crippen LogP contribution in [-0.4, -0.2) is 66.2 Å². The summed E-state index contributed by atoms with van der Waals surface area (Å²) in [6.45, 7) is 11.2. The van der Waals surface area contributed by atoms with Crippen LogP contribution in [0.25, 0.3) is 0 Å². The van der Waals surface area contributed by atoms with Gasteiger partial charge in [-0.1, -0.05) is 0 Å². The maximum Gasteiger partial charge on any atom is 0.239 e. The normalized spacial score (nSPS) is 31.7. The largest absolute Gasteiger partial charge is 0.379 e. The lowest BCUT2D eigenvalue weighted by Gasteiger charge is -2.42. The molecule has 2 N–H and O–H groups in total. The van der Waals surface area contributed by atoms with Gasteiger partial charge in [-0.3, -0.25) is 14.6 Å². The number of rotatable bonds is 2. The van der Waals surface area contributed by atoms with Gasteiger partial charge < -0.3 is 10.5 Å². The molecule has 0 radical (unpaired) electrons. The van der Waals surface area contributed by atoms with E-state index >= 15 is 0 Å². The van der Waals surface area contributed by atoms with E-state index in [4.69, 9.17) is 10.5 Å². The Labute approximate surface area is 109 Å². The van der Waals surface area contributed by atoms with Crippen LogP contribution >= 0.6 is 0 Å². The van der Waals surface area contributed by atoms with Crippen molar-refractivity contribution in [3.8, 4) is 0 Å². The highest BCUT2D eigenvalue weighted by molar-refractivity contribution is 5.85. The molecule has 0 spiro atoms. The van der Waals surface area contributed by atoms with E-state index in [-0.39, 0.29) is 11.4 Å². The minimum Gasteiger partial charge on any atom is -0.379 e. The van der Waals surface area contributed by atoms with Crippen LogP contribution in [0, 0.1) is 0 Å². The number of likely N-dealkylation sites (tertiary alicyclic amines) is 1. The van der Waals surface area contributed by atoms with Crippen molar-refractivity contribution in [1.29, 1.82) is 0 Å². The van der Waals surface area contributed by atoms with E-state index in [0.29, 0.717) is 13.2 Å². The van der Waals surface area contributed by atoms with Crippen molar-refractivity contribution in [2.45, 2.75) is 38.3 Å². The monoisotopic (exact) mass is 255 g/mol. The number of ether oxygens (including phenoxy) is 1. The molecule has 5 heteroatoms. The summed E-state index contributed by atoms with van der Waals surface area (Å²) in [7, 11) is 0. The van der Waals surface area contributed by atoms with Gasteiger partial charge in [0, 0.05) is 31.7 Å². The number of morpholine rings is 1. The van der Waals surface area contributed by atoms with Crippen molar-refractivity contribution in [3.63, 3.8) is 0 Å². The van der Waals surface area contributed by atoms with Crippen LogP contribution in [0.15, 0.2) is 0 Å². The molecule has 2 aliphatic rings. The number of hydrogen-bond acceptors (Lipinski definition) is 4. The zero-order valence-corrected chi connectivity index (χ0v) is 11.7. The molecular formula is C13H25N3O2. The molecule has 2 aliphatic heterocycles. The molecule has 5 nitrogen and oxygen atoms in total. The van der Waals surface area contributed by atoms with Gasteiger partial charge in [0.15, 0.2) is 0 Å². The number of nitrogens with zero attached hydrogens (tertiary/aromatic N) is 2. The lowest BCUT2D eigenvalue weighted by atomic mass is 9.94. The third kappa shape index (κ3) is 2.39. The summed E-state index contributed by atoms with van der Waals surface area (Å²) in [6, 6.07) is 0. The fourth-order valence-corrected chi connectivity index (χ4v) is 2.97. The summed E-state index contributed by atoms with van der Waals surface area (Å²) in [5.41, 5.74) is 5.32. The number of primary amides is 1. The third-order valence-corrected chi connectivity index (χ3v) is 4.27. The van der Waals surface area contributed by atoms with E-state index in [1.807, 2.05) is 0 Å². The van der Waals surface area contributed by atoms with E-state index in [9.17, 15) is 4.79 Å². The summed E-state index contributed by atoms with van der Waals surface area (Å²) < 4.78 is 5.37. The SMILES string of the molecule is CC(C)(C)N1CCC(C(N)=O)(N2CCOCC2)C1. The first-order valence-corrected chi connectivity index (χ1v) is 6.74. The second-order valence-electron chi connectivity index (χ2n) is 6.34. The smallest absolute Gasteiger partial charge is 0.239 e. The molecular weight excluding hydrogens is 230 g/mol. The van der Waals surface area contributed by atoms with Crippen LogP contribution in [0.4, 0.5) is 0 Å². The fourth-order valence-electron chi connectivity index (χ4n) is 2.97. The molecule has 0 aromatic heterocycles. The number of carbonyl (C=O) groups is 1. The topological polar surface area (TPSA) is 58.8 Å². The first kappa shape index (κ1) is 13.8. The molecule has 2 saturated heterocycles. The molecule has 0 aliphatic carbocycles. The highest BCUT2D eigenvalue weighted by Gasteiger charge is 2.50. The van der Waals surface area contributed by atoms with Crippen molar-refractivity contribution >= 4 is 5.91 Å². The number of nitrogens with two attached hydrogens (primary N) is 1. The molecule has 0 aromatic carbocycles. The summed E-state index contributed by atoms with van der Waals surface area (Å²) in [6.07, 6.45) is 0.833. The van der Waals surface area contributed by atoms with Gasteiger partial charge in [-0.2, -0.15) is 0 Å². The lowest BCUT2D eigenvalue weighted by molar-refractivity contribution is -0.133. The quantitative estimate of drug-likeness (QED) is 0.757. The van der Waals surface area contributed by atoms with Crippen molar-refractivity contribution in [3.05, 3.63) is 0 Å². The van der Waals surface area contributed by atoms with Gasteiger partial charge in [-0.15, -0.1) is 0 Å². The standard InChI is InChI=1S/C13H25N3O2/c1-12(2,3)16-5-4-13(10-16,11(14)17)15-6-8-18-9-7-15/h4-10H2,1-3H3,(H2,14,17). The van der Waals surface area contributed by atoms with Gasteiger partial charge in [-0.25, -0.2) is 0 Å². The number of hydrogen-bond donors (Lipinski definition) is 1. The summed E-state index contributed by atoms with van der Waals surface area (Å²) in [4.78, 5) is 16.6. The Morgan fingerprint density at radius 3 is 2.28 bits per heavy atom. The maximum atomic E-state index is 12.0. The predicted molar refractivity (Wildman–Crippen MR) is 70.3 cm³/mol. The van der Waals surface area contributed by atoms with Crippen molar-refractivity contribution < 1.29 is 9.53 Å². The highest BCUT2D eigenvalue weighted by Crippen LogP contribution is 2.32. The number of carbonyl (C=O) groups excluding carboxylic acids is 1. The van der Waals surface area contributed by atoms with E-state index < -0.39 is 5.54 Å². The van der Waals surface area contributed by atoms with Crippen LogP contribution in [0.5, 0.6) is 0 Å². The molecule has 0 saturated carbocycles. The van der Waals surface area contributed by atoms with Crippen molar-refractivity contribution in [1.82, 2.24) is 9.80 Å². The minimum absolute atomic E-state index is 0.0868. The number of amides is 1. The molecule has 104 valence electrons.